The smallest absolute Gasteiger partial charge is 0.335 e. The van der Waals surface area contributed by atoms with Crippen LogP contribution < -0.4 is 5.32 Å². The Hall–Kier alpha value is -1.84. The van der Waals surface area contributed by atoms with Gasteiger partial charge in [0.1, 0.15) is 0 Å². The third-order valence-corrected chi connectivity index (χ3v) is 3.60. The van der Waals surface area contributed by atoms with Gasteiger partial charge in [0.25, 0.3) is 0 Å². The topological polar surface area (TPSA) is 66.4 Å². The van der Waals surface area contributed by atoms with E-state index in [-0.39, 0.29) is 11.5 Å². The highest BCUT2D eigenvalue weighted by Gasteiger charge is 2.09. The molecule has 0 bridgehead atoms. The van der Waals surface area contributed by atoms with Crippen molar-refractivity contribution in [1.29, 1.82) is 0 Å². The van der Waals surface area contributed by atoms with Gasteiger partial charge in [0, 0.05) is 13.0 Å². The predicted molar refractivity (Wildman–Crippen MR) is 78.7 cm³/mol. The van der Waals surface area contributed by atoms with Crippen LogP contribution in [0.15, 0.2) is 24.3 Å². The standard InChI is InChI=1S/C16H23NO3/c1-11(2)12(3)10-17-15(18)9-6-13-4-7-14(8-5-13)16(19)20/h4-5,7-8,11-12H,6,9-10H2,1-3H3,(H,17,18)(H,19,20). The Kier molecular flexibility index (Phi) is 6.22. The van der Waals surface area contributed by atoms with E-state index in [0.29, 0.717) is 31.2 Å². The van der Waals surface area contributed by atoms with E-state index < -0.39 is 5.97 Å². The number of rotatable bonds is 7. The monoisotopic (exact) mass is 277 g/mol. The summed E-state index contributed by atoms with van der Waals surface area (Å²) in [5, 5.41) is 11.7. The Bertz CT molecular complexity index is 451. The van der Waals surface area contributed by atoms with Gasteiger partial charge in [-0.2, -0.15) is 0 Å². The number of carbonyl (C=O) groups excluding carboxylic acids is 1. The summed E-state index contributed by atoms with van der Waals surface area (Å²) >= 11 is 0. The van der Waals surface area contributed by atoms with Crippen LogP contribution in [0.4, 0.5) is 0 Å². The quantitative estimate of drug-likeness (QED) is 0.805. The molecule has 1 aromatic carbocycles. The molecule has 0 heterocycles. The van der Waals surface area contributed by atoms with Crippen LogP contribution >= 0.6 is 0 Å². The largest absolute Gasteiger partial charge is 0.478 e. The average Bonchev–Trinajstić information content (AvgIpc) is 2.42. The first-order valence-electron chi connectivity index (χ1n) is 6.99. The van der Waals surface area contributed by atoms with Crippen molar-refractivity contribution >= 4 is 11.9 Å². The summed E-state index contributed by atoms with van der Waals surface area (Å²) in [5.41, 5.74) is 1.24. The summed E-state index contributed by atoms with van der Waals surface area (Å²) in [6.45, 7) is 7.10. The van der Waals surface area contributed by atoms with Gasteiger partial charge in [0.15, 0.2) is 0 Å². The zero-order valence-corrected chi connectivity index (χ0v) is 12.3. The molecule has 2 N–H and O–H groups in total. The molecule has 1 unspecified atom stereocenters. The van der Waals surface area contributed by atoms with Crippen LogP contribution in [0, 0.1) is 11.8 Å². The van der Waals surface area contributed by atoms with Crippen LogP contribution in [-0.2, 0) is 11.2 Å². The molecule has 0 radical (unpaired) electrons. The second-order valence-corrected chi connectivity index (χ2v) is 5.53. The van der Waals surface area contributed by atoms with Gasteiger partial charge >= 0.3 is 5.97 Å². The SMILES string of the molecule is CC(C)C(C)CNC(=O)CCc1ccc(C(=O)O)cc1. The van der Waals surface area contributed by atoms with E-state index in [1.54, 1.807) is 24.3 Å². The Morgan fingerprint density at radius 1 is 1.15 bits per heavy atom. The first-order chi connectivity index (χ1) is 9.40. The molecule has 0 saturated heterocycles. The van der Waals surface area contributed by atoms with Gasteiger partial charge in [-0.05, 0) is 36.0 Å². The predicted octanol–water partition coefficient (Wildman–Crippen LogP) is 2.73. The number of carboxylic acid groups (broad SMARTS) is 1. The first-order valence-corrected chi connectivity index (χ1v) is 6.99. The van der Waals surface area contributed by atoms with Crippen molar-refractivity contribution < 1.29 is 14.7 Å². The fourth-order valence-electron chi connectivity index (χ4n) is 1.67. The van der Waals surface area contributed by atoms with Crippen LogP contribution in [0.25, 0.3) is 0 Å². The number of aromatic carboxylic acids is 1. The highest BCUT2D eigenvalue weighted by molar-refractivity contribution is 5.87. The number of carbonyl (C=O) groups is 2. The number of nitrogens with one attached hydrogen (secondary N) is 1. The maximum Gasteiger partial charge on any atom is 0.335 e. The number of hydrogen-bond donors (Lipinski definition) is 2. The van der Waals surface area contributed by atoms with Crippen LogP contribution in [0.5, 0.6) is 0 Å². The van der Waals surface area contributed by atoms with E-state index >= 15 is 0 Å². The molecular weight excluding hydrogens is 254 g/mol. The molecule has 0 aromatic heterocycles. The number of amides is 1. The van der Waals surface area contributed by atoms with Gasteiger partial charge in [0.2, 0.25) is 5.91 Å². The first kappa shape index (κ1) is 16.2. The second-order valence-electron chi connectivity index (χ2n) is 5.53. The highest BCUT2D eigenvalue weighted by atomic mass is 16.4. The number of aryl methyl sites for hydroxylation is 1. The number of carboxylic acids is 1. The molecule has 4 heteroatoms. The van der Waals surface area contributed by atoms with Gasteiger partial charge < -0.3 is 10.4 Å². The van der Waals surface area contributed by atoms with Crippen molar-refractivity contribution in [2.45, 2.75) is 33.6 Å². The van der Waals surface area contributed by atoms with E-state index in [2.05, 4.69) is 26.1 Å². The van der Waals surface area contributed by atoms with E-state index in [9.17, 15) is 9.59 Å². The summed E-state index contributed by atoms with van der Waals surface area (Å²) in [6, 6.07) is 6.65. The minimum Gasteiger partial charge on any atom is -0.478 e. The molecule has 0 aliphatic carbocycles. The van der Waals surface area contributed by atoms with Gasteiger partial charge in [-0.3, -0.25) is 4.79 Å². The van der Waals surface area contributed by atoms with Crippen molar-refractivity contribution in [2.75, 3.05) is 6.54 Å². The Labute approximate surface area is 120 Å². The Balaban J connectivity index is 2.35. The lowest BCUT2D eigenvalue weighted by molar-refractivity contribution is -0.121. The molecule has 1 atom stereocenters. The summed E-state index contributed by atoms with van der Waals surface area (Å²) < 4.78 is 0. The maximum atomic E-state index is 11.7. The third kappa shape index (κ3) is 5.43. The molecular formula is C16H23NO3. The van der Waals surface area contributed by atoms with E-state index in [4.69, 9.17) is 5.11 Å². The Morgan fingerprint density at radius 3 is 2.25 bits per heavy atom. The molecule has 0 fully saturated rings. The molecule has 4 nitrogen and oxygen atoms in total. The normalized spacial score (nSPS) is 12.2. The lowest BCUT2D eigenvalue weighted by atomic mass is 9.98. The van der Waals surface area contributed by atoms with Gasteiger partial charge in [-0.1, -0.05) is 32.9 Å². The van der Waals surface area contributed by atoms with Gasteiger partial charge in [0.05, 0.1) is 5.56 Å². The van der Waals surface area contributed by atoms with Gasteiger partial charge in [-0.25, -0.2) is 4.79 Å². The van der Waals surface area contributed by atoms with Crippen molar-refractivity contribution in [1.82, 2.24) is 5.32 Å². The molecule has 0 spiro atoms. The third-order valence-electron chi connectivity index (χ3n) is 3.60. The summed E-state index contributed by atoms with van der Waals surface area (Å²) in [6.07, 6.45) is 1.05. The van der Waals surface area contributed by atoms with E-state index in [0.717, 1.165) is 5.56 Å². The second kappa shape index (κ2) is 7.68. The van der Waals surface area contributed by atoms with Crippen LogP contribution in [0.3, 0.4) is 0 Å². The van der Waals surface area contributed by atoms with Crippen LogP contribution in [0.2, 0.25) is 0 Å². The van der Waals surface area contributed by atoms with Crippen molar-refractivity contribution in [2.24, 2.45) is 11.8 Å². The Morgan fingerprint density at radius 2 is 1.75 bits per heavy atom. The van der Waals surface area contributed by atoms with E-state index in [1.165, 1.54) is 0 Å². The molecule has 0 aliphatic rings. The maximum absolute atomic E-state index is 11.7. The minimum absolute atomic E-state index is 0.0415. The summed E-state index contributed by atoms with van der Waals surface area (Å²) in [5.74, 6) is 0.129. The summed E-state index contributed by atoms with van der Waals surface area (Å²) in [4.78, 5) is 22.4. The average molecular weight is 277 g/mol. The van der Waals surface area contributed by atoms with Crippen molar-refractivity contribution in [3.63, 3.8) is 0 Å². The number of hydrogen-bond acceptors (Lipinski definition) is 2. The number of benzene rings is 1. The van der Waals surface area contributed by atoms with Crippen LogP contribution in [-0.4, -0.2) is 23.5 Å². The molecule has 0 aliphatic heterocycles. The highest BCUT2D eigenvalue weighted by Crippen LogP contribution is 2.09. The minimum atomic E-state index is -0.933. The van der Waals surface area contributed by atoms with E-state index in [1.807, 2.05) is 0 Å². The van der Waals surface area contributed by atoms with Crippen LogP contribution in [0.1, 0.15) is 43.1 Å². The van der Waals surface area contributed by atoms with Crippen molar-refractivity contribution in [3.8, 4) is 0 Å². The molecule has 110 valence electrons. The zero-order chi connectivity index (χ0) is 15.1. The lowest BCUT2D eigenvalue weighted by Crippen LogP contribution is -2.30. The lowest BCUT2D eigenvalue weighted by Gasteiger charge is -2.16. The zero-order valence-electron chi connectivity index (χ0n) is 12.3. The van der Waals surface area contributed by atoms with Gasteiger partial charge in [-0.15, -0.1) is 0 Å². The molecule has 1 rings (SSSR count). The molecule has 1 amide bonds. The fraction of sp³-hybridized carbons (Fsp3) is 0.500. The molecule has 1 aromatic rings. The molecule has 0 saturated carbocycles. The summed E-state index contributed by atoms with van der Waals surface area (Å²) in [7, 11) is 0. The molecule has 20 heavy (non-hydrogen) atoms. The fourth-order valence-corrected chi connectivity index (χ4v) is 1.67. The van der Waals surface area contributed by atoms with Crippen molar-refractivity contribution in [3.05, 3.63) is 35.4 Å².